The number of hydrogen-bond acceptors (Lipinski definition) is 3. The van der Waals surface area contributed by atoms with E-state index in [-0.39, 0.29) is 13.2 Å². The van der Waals surface area contributed by atoms with E-state index >= 15 is 0 Å². The fraction of sp³-hybridized carbons (Fsp3) is 0.538. The fourth-order valence-electron chi connectivity index (χ4n) is 1.56. The maximum atomic E-state index is 12.8. The molecule has 0 aromatic heterocycles. The Balaban J connectivity index is 2.46. The molecule has 0 aliphatic rings. The van der Waals surface area contributed by atoms with Gasteiger partial charge in [0.05, 0.1) is 19.8 Å². The second-order valence-corrected chi connectivity index (χ2v) is 4.38. The van der Waals surface area contributed by atoms with E-state index in [9.17, 15) is 13.2 Å². The van der Waals surface area contributed by atoms with Crippen molar-refractivity contribution in [2.75, 3.05) is 19.8 Å². The summed E-state index contributed by atoms with van der Waals surface area (Å²) in [5.74, 6) is 0. The molecule has 2 N–H and O–H groups in total. The summed E-state index contributed by atoms with van der Waals surface area (Å²) in [7, 11) is 0. The molecule has 0 saturated heterocycles. The Bertz CT molecular complexity index is 361. The third-order valence-corrected chi connectivity index (χ3v) is 3.04. The van der Waals surface area contributed by atoms with E-state index in [0.29, 0.717) is 0 Å². The standard InChI is InChI=1S/C13H17F3O3/c14-13(15,16)12(9-17,10-18)6-7-19-8-11-4-2-1-3-5-11/h1-5,17-18H,6-10H2. The molecule has 0 aliphatic heterocycles. The van der Waals surface area contributed by atoms with E-state index in [1.54, 1.807) is 24.3 Å². The van der Waals surface area contributed by atoms with Crippen LogP contribution in [-0.2, 0) is 11.3 Å². The Labute approximate surface area is 109 Å². The smallest absolute Gasteiger partial charge is 0.395 e. The van der Waals surface area contributed by atoms with E-state index in [0.717, 1.165) is 5.56 Å². The van der Waals surface area contributed by atoms with Crippen LogP contribution in [0.15, 0.2) is 30.3 Å². The summed E-state index contributed by atoms with van der Waals surface area (Å²) >= 11 is 0. The van der Waals surface area contributed by atoms with Crippen molar-refractivity contribution in [1.82, 2.24) is 0 Å². The summed E-state index contributed by atoms with van der Waals surface area (Å²) in [6.07, 6.45) is -5.14. The summed E-state index contributed by atoms with van der Waals surface area (Å²) in [6, 6.07) is 9.04. The first-order valence-corrected chi connectivity index (χ1v) is 5.85. The van der Waals surface area contributed by atoms with Crippen molar-refractivity contribution >= 4 is 0 Å². The van der Waals surface area contributed by atoms with Gasteiger partial charge in [-0.2, -0.15) is 13.2 Å². The van der Waals surface area contributed by atoms with Gasteiger partial charge in [0.15, 0.2) is 0 Å². The van der Waals surface area contributed by atoms with Crippen molar-refractivity contribution in [3.05, 3.63) is 35.9 Å². The molecule has 19 heavy (non-hydrogen) atoms. The summed E-state index contributed by atoms with van der Waals surface area (Å²) in [5.41, 5.74) is -1.64. The summed E-state index contributed by atoms with van der Waals surface area (Å²) < 4.78 is 43.4. The molecule has 0 fully saturated rings. The zero-order chi connectivity index (χ0) is 14.4. The number of aliphatic hydroxyl groups is 2. The minimum atomic E-state index is -4.66. The Kier molecular flexibility index (Phi) is 5.78. The lowest BCUT2D eigenvalue weighted by Crippen LogP contribution is -2.45. The molecule has 1 rings (SSSR count). The van der Waals surface area contributed by atoms with Crippen LogP contribution in [0.4, 0.5) is 13.2 Å². The lowest BCUT2D eigenvalue weighted by molar-refractivity contribution is -0.252. The second-order valence-electron chi connectivity index (χ2n) is 4.38. The maximum Gasteiger partial charge on any atom is 0.398 e. The van der Waals surface area contributed by atoms with Crippen molar-refractivity contribution in [2.24, 2.45) is 5.41 Å². The van der Waals surface area contributed by atoms with Crippen molar-refractivity contribution < 1.29 is 28.1 Å². The third-order valence-electron chi connectivity index (χ3n) is 3.04. The molecular formula is C13H17F3O3. The molecule has 0 saturated carbocycles. The highest BCUT2D eigenvalue weighted by atomic mass is 19.4. The fourth-order valence-corrected chi connectivity index (χ4v) is 1.56. The Hall–Kier alpha value is -1.11. The lowest BCUT2D eigenvalue weighted by Gasteiger charge is -2.31. The molecule has 0 spiro atoms. The minimum Gasteiger partial charge on any atom is -0.395 e. The quantitative estimate of drug-likeness (QED) is 0.751. The van der Waals surface area contributed by atoms with Crippen molar-refractivity contribution in [3.8, 4) is 0 Å². The second kappa shape index (κ2) is 6.88. The Morgan fingerprint density at radius 2 is 1.58 bits per heavy atom. The molecule has 1 aromatic carbocycles. The number of aliphatic hydroxyl groups excluding tert-OH is 2. The van der Waals surface area contributed by atoms with Gasteiger partial charge >= 0.3 is 6.18 Å². The lowest BCUT2D eigenvalue weighted by atomic mass is 9.86. The molecule has 0 aliphatic carbocycles. The molecule has 1 aromatic rings. The van der Waals surface area contributed by atoms with Crippen LogP contribution in [0.5, 0.6) is 0 Å². The average molecular weight is 278 g/mol. The largest absolute Gasteiger partial charge is 0.398 e. The van der Waals surface area contributed by atoms with Crippen molar-refractivity contribution in [2.45, 2.75) is 19.2 Å². The third kappa shape index (κ3) is 4.19. The number of halogens is 3. The van der Waals surface area contributed by atoms with Crippen LogP contribution in [0.2, 0.25) is 0 Å². The number of benzene rings is 1. The van der Waals surface area contributed by atoms with Crippen LogP contribution in [-0.4, -0.2) is 36.2 Å². The zero-order valence-corrected chi connectivity index (χ0v) is 10.4. The molecule has 0 radical (unpaired) electrons. The van der Waals surface area contributed by atoms with Gasteiger partial charge in [0.1, 0.15) is 5.41 Å². The minimum absolute atomic E-state index is 0.185. The molecule has 6 heteroatoms. The monoisotopic (exact) mass is 278 g/mol. The highest BCUT2D eigenvalue weighted by molar-refractivity contribution is 5.13. The highest BCUT2D eigenvalue weighted by Crippen LogP contribution is 2.40. The SMILES string of the molecule is OCC(CO)(CCOCc1ccccc1)C(F)(F)F. The molecular weight excluding hydrogens is 261 g/mol. The highest BCUT2D eigenvalue weighted by Gasteiger charge is 2.53. The molecule has 0 atom stereocenters. The van der Waals surface area contributed by atoms with Crippen molar-refractivity contribution in [1.29, 1.82) is 0 Å². The average Bonchev–Trinajstić information content (AvgIpc) is 2.39. The number of rotatable bonds is 7. The topological polar surface area (TPSA) is 49.7 Å². The van der Waals surface area contributed by atoms with E-state index in [1.807, 2.05) is 6.07 Å². The molecule has 108 valence electrons. The van der Waals surface area contributed by atoms with Crippen LogP contribution < -0.4 is 0 Å². The molecule has 0 amide bonds. The van der Waals surface area contributed by atoms with E-state index in [4.69, 9.17) is 14.9 Å². The molecule has 0 bridgehead atoms. The van der Waals surface area contributed by atoms with Gasteiger partial charge in [-0.25, -0.2) is 0 Å². The Morgan fingerprint density at radius 1 is 1.00 bits per heavy atom. The molecule has 3 nitrogen and oxygen atoms in total. The van der Waals surface area contributed by atoms with Crippen LogP contribution in [0.3, 0.4) is 0 Å². The normalized spacial score (nSPS) is 12.7. The van der Waals surface area contributed by atoms with Gasteiger partial charge in [-0.15, -0.1) is 0 Å². The van der Waals surface area contributed by atoms with Gasteiger partial charge in [0, 0.05) is 6.61 Å². The van der Waals surface area contributed by atoms with Gasteiger partial charge in [-0.1, -0.05) is 30.3 Å². The van der Waals surface area contributed by atoms with E-state index in [2.05, 4.69) is 0 Å². The number of ether oxygens (including phenoxy) is 1. The van der Waals surface area contributed by atoms with Gasteiger partial charge in [0.2, 0.25) is 0 Å². The predicted molar refractivity (Wildman–Crippen MR) is 63.4 cm³/mol. The van der Waals surface area contributed by atoms with Crippen LogP contribution in [0, 0.1) is 5.41 Å². The Morgan fingerprint density at radius 3 is 2.05 bits per heavy atom. The van der Waals surface area contributed by atoms with Crippen LogP contribution in [0.1, 0.15) is 12.0 Å². The first-order chi connectivity index (χ1) is 8.95. The van der Waals surface area contributed by atoms with Gasteiger partial charge in [-0.3, -0.25) is 0 Å². The first-order valence-electron chi connectivity index (χ1n) is 5.85. The van der Waals surface area contributed by atoms with E-state index in [1.165, 1.54) is 0 Å². The zero-order valence-electron chi connectivity index (χ0n) is 10.4. The van der Waals surface area contributed by atoms with Gasteiger partial charge in [-0.05, 0) is 12.0 Å². The van der Waals surface area contributed by atoms with Crippen LogP contribution in [0.25, 0.3) is 0 Å². The molecule has 0 unspecified atom stereocenters. The summed E-state index contributed by atoms with van der Waals surface area (Å²) in [5, 5.41) is 17.8. The number of hydrogen-bond donors (Lipinski definition) is 2. The van der Waals surface area contributed by atoms with Gasteiger partial charge < -0.3 is 14.9 Å². The first kappa shape index (κ1) is 15.9. The molecule has 0 heterocycles. The summed E-state index contributed by atoms with van der Waals surface area (Å²) in [6.45, 7) is -2.29. The van der Waals surface area contributed by atoms with Crippen molar-refractivity contribution in [3.63, 3.8) is 0 Å². The van der Waals surface area contributed by atoms with Gasteiger partial charge in [0.25, 0.3) is 0 Å². The van der Waals surface area contributed by atoms with E-state index < -0.39 is 31.2 Å². The predicted octanol–water partition coefficient (Wildman–Crippen LogP) is 2.13. The number of alkyl halides is 3. The summed E-state index contributed by atoms with van der Waals surface area (Å²) in [4.78, 5) is 0. The maximum absolute atomic E-state index is 12.8. The van der Waals surface area contributed by atoms with Crippen LogP contribution >= 0.6 is 0 Å².